The smallest absolute Gasteiger partial charge is 0.332 e. The number of nitrogens with zero attached hydrogens (tertiary/aromatic N) is 1. The van der Waals surface area contributed by atoms with Gasteiger partial charge >= 0.3 is 11.9 Å². The quantitative estimate of drug-likeness (QED) is 0.363. The van der Waals surface area contributed by atoms with Gasteiger partial charge in [0.15, 0.2) is 6.04 Å². The molecule has 0 aromatic heterocycles. The van der Waals surface area contributed by atoms with Gasteiger partial charge in [0.05, 0.1) is 12.5 Å². The highest BCUT2D eigenvalue weighted by molar-refractivity contribution is 5.89. The Morgan fingerprint density at radius 1 is 0.975 bits per heavy atom. The molecular formula is C31H38N2O7. The molecule has 1 aliphatic rings. The molecule has 0 saturated heterocycles. The van der Waals surface area contributed by atoms with E-state index in [0.717, 1.165) is 24.0 Å². The normalized spacial score (nSPS) is 18.6. The number of ether oxygens (including phenoxy) is 2. The van der Waals surface area contributed by atoms with E-state index in [4.69, 9.17) is 9.47 Å². The van der Waals surface area contributed by atoms with Crippen molar-refractivity contribution in [3.63, 3.8) is 0 Å². The summed E-state index contributed by atoms with van der Waals surface area (Å²) >= 11 is 0. The third-order valence-electron chi connectivity index (χ3n) is 6.56. The van der Waals surface area contributed by atoms with Crippen LogP contribution >= 0.6 is 0 Å². The number of benzene rings is 2. The lowest BCUT2D eigenvalue weighted by Crippen LogP contribution is -2.48. The van der Waals surface area contributed by atoms with Gasteiger partial charge in [0.1, 0.15) is 13.2 Å². The van der Waals surface area contributed by atoms with Crippen LogP contribution in [-0.2, 0) is 41.8 Å². The van der Waals surface area contributed by atoms with Crippen molar-refractivity contribution in [1.29, 1.82) is 0 Å². The molecule has 40 heavy (non-hydrogen) atoms. The van der Waals surface area contributed by atoms with Crippen LogP contribution in [0.15, 0.2) is 72.8 Å². The van der Waals surface area contributed by atoms with Crippen LogP contribution in [0.1, 0.15) is 49.7 Å². The Kier molecular flexibility index (Phi) is 12.9. The zero-order valence-corrected chi connectivity index (χ0v) is 22.7. The van der Waals surface area contributed by atoms with E-state index in [1.165, 1.54) is 4.90 Å². The molecule has 2 amide bonds. The Morgan fingerprint density at radius 2 is 1.68 bits per heavy atom. The van der Waals surface area contributed by atoms with Crippen molar-refractivity contribution in [3.05, 3.63) is 83.9 Å². The average Bonchev–Trinajstić information content (AvgIpc) is 2.97. The Morgan fingerprint density at radius 3 is 2.38 bits per heavy atom. The summed E-state index contributed by atoms with van der Waals surface area (Å²) in [5.74, 6) is -2.77. The minimum absolute atomic E-state index is 0.000246. The Balaban J connectivity index is 1.74. The Labute approximate surface area is 235 Å². The Bertz CT molecular complexity index is 1120. The number of esters is 2. The molecule has 9 nitrogen and oxygen atoms in total. The van der Waals surface area contributed by atoms with Crippen LogP contribution in [0.3, 0.4) is 0 Å². The van der Waals surface area contributed by atoms with Crippen LogP contribution < -0.4 is 5.32 Å². The molecule has 3 rings (SSSR count). The number of allylic oxidation sites excluding steroid dienone is 2. The fourth-order valence-electron chi connectivity index (χ4n) is 4.29. The minimum atomic E-state index is -1.22. The number of nitrogens with one attached hydrogen (secondary N) is 1. The van der Waals surface area contributed by atoms with Crippen molar-refractivity contribution >= 4 is 23.8 Å². The zero-order valence-electron chi connectivity index (χ0n) is 22.7. The summed E-state index contributed by atoms with van der Waals surface area (Å²) in [7, 11) is 0. The van der Waals surface area contributed by atoms with Crippen LogP contribution in [-0.4, -0.2) is 59.6 Å². The van der Waals surface area contributed by atoms with E-state index in [-0.39, 0.29) is 45.1 Å². The van der Waals surface area contributed by atoms with Crippen molar-refractivity contribution in [2.75, 3.05) is 19.8 Å². The third-order valence-corrected chi connectivity index (χ3v) is 6.56. The fourth-order valence-corrected chi connectivity index (χ4v) is 4.29. The van der Waals surface area contributed by atoms with Crippen molar-refractivity contribution in [2.24, 2.45) is 5.92 Å². The number of carbonyl (C=O) groups is 4. The molecule has 0 fully saturated rings. The largest absolute Gasteiger partial charge is 0.463 e. The van der Waals surface area contributed by atoms with Crippen LogP contribution in [0.2, 0.25) is 0 Å². The van der Waals surface area contributed by atoms with Crippen LogP contribution in [0.25, 0.3) is 0 Å². The van der Waals surface area contributed by atoms with Gasteiger partial charge in [-0.3, -0.25) is 14.4 Å². The van der Waals surface area contributed by atoms with E-state index < -0.39 is 29.8 Å². The SMILES string of the molecule is O=C1CCCCC=CC[C@H](CC(=O)N(CCO)Cc2ccccc2)C(=O)N[C@@H](C(=O)OCc2ccccc2)CO1. The van der Waals surface area contributed by atoms with Crippen LogP contribution in [0.4, 0.5) is 0 Å². The predicted molar refractivity (Wildman–Crippen MR) is 148 cm³/mol. The van der Waals surface area contributed by atoms with Crippen molar-refractivity contribution in [1.82, 2.24) is 10.2 Å². The zero-order chi connectivity index (χ0) is 28.6. The first-order chi connectivity index (χ1) is 19.5. The van der Waals surface area contributed by atoms with Gasteiger partial charge < -0.3 is 24.8 Å². The van der Waals surface area contributed by atoms with Gasteiger partial charge in [-0.1, -0.05) is 72.8 Å². The van der Waals surface area contributed by atoms with E-state index in [2.05, 4.69) is 5.32 Å². The summed E-state index contributed by atoms with van der Waals surface area (Å²) in [5, 5.41) is 12.2. The lowest BCUT2D eigenvalue weighted by Gasteiger charge is -2.25. The van der Waals surface area contributed by atoms with Gasteiger partial charge in [0.2, 0.25) is 11.8 Å². The van der Waals surface area contributed by atoms with Crippen molar-refractivity contribution < 1.29 is 33.8 Å². The average molecular weight is 551 g/mol. The third kappa shape index (κ3) is 10.6. The second-order valence-electron chi connectivity index (χ2n) is 9.72. The molecule has 2 N–H and O–H groups in total. The molecule has 0 unspecified atom stereocenters. The second kappa shape index (κ2) is 16.9. The summed E-state index contributed by atoms with van der Waals surface area (Å²) in [6.45, 7) is -0.146. The highest BCUT2D eigenvalue weighted by Crippen LogP contribution is 2.17. The maximum absolute atomic E-state index is 13.4. The molecule has 0 spiro atoms. The topological polar surface area (TPSA) is 122 Å². The molecule has 2 aromatic rings. The van der Waals surface area contributed by atoms with Gasteiger partial charge in [0.25, 0.3) is 0 Å². The number of rotatable bonds is 9. The number of carbonyl (C=O) groups excluding carboxylic acids is 4. The highest BCUT2D eigenvalue weighted by atomic mass is 16.6. The van der Waals surface area contributed by atoms with Crippen LogP contribution in [0.5, 0.6) is 0 Å². The van der Waals surface area contributed by atoms with Crippen molar-refractivity contribution in [2.45, 2.75) is 57.7 Å². The summed E-state index contributed by atoms with van der Waals surface area (Å²) < 4.78 is 10.7. The number of aliphatic hydroxyl groups excluding tert-OH is 1. The number of cyclic esters (lactones) is 1. The number of hydrogen-bond acceptors (Lipinski definition) is 7. The van der Waals surface area contributed by atoms with E-state index in [1.807, 2.05) is 60.7 Å². The van der Waals surface area contributed by atoms with Gasteiger partial charge in [-0.2, -0.15) is 0 Å². The number of amides is 2. The van der Waals surface area contributed by atoms with E-state index in [9.17, 15) is 24.3 Å². The number of aliphatic hydroxyl groups is 1. The van der Waals surface area contributed by atoms with Crippen molar-refractivity contribution in [3.8, 4) is 0 Å². The fraction of sp³-hybridized carbons (Fsp3) is 0.419. The summed E-state index contributed by atoms with van der Waals surface area (Å²) in [6, 6.07) is 17.3. The van der Waals surface area contributed by atoms with Gasteiger partial charge in [-0.05, 0) is 36.8 Å². The minimum Gasteiger partial charge on any atom is -0.463 e. The highest BCUT2D eigenvalue weighted by Gasteiger charge is 2.30. The molecule has 9 heteroatoms. The molecule has 2 atom stereocenters. The first kappa shape index (κ1) is 30.6. The maximum Gasteiger partial charge on any atom is 0.332 e. The summed E-state index contributed by atoms with van der Waals surface area (Å²) in [4.78, 5) is 53.4. The second-order valence-corrected chi connectivity index (χ2v) is 9.72. The summed E-state index contributed by atoms with van der Waals surface area (Å²) in [6.07, 6.45) is 6.32. The van der Waals surface area contributed by atoms with Gasteiger partial charge in [0, 0.05) is 25.9 Å². The molecule has 0 saturated carbocycles. The standard InChI is InChI=1S/C31H38N2O7/c34-19-18-33(21-24-12-6-4-7-13-24)28(35)20-26-16-10-2-1-3-11-17-29(36)39-23-27(32-30(26)37)31(38)40-22-25-14-8-5-9-15-25/h2,4-10,12-15,26-27,34H,1,3,11,16-23H2,(H,32,37)/t26-,27-/m1/s1. The lowest BCUT2D eigenvalue weighted by atomic mass is 9.97. The monoisotopic (exact) mass is 550 g/mol. The molecule has 1 aliphatic heterocycles. The molecular weight excluding hydrogens is 512 g/mol. The molecule has 0 bridgehead atoms. The molecule has 2 aromatic carbocycles. The molecule has 0 aliphatic carbocycles. The Hall–Kier alpha value is -3.98. The summed E-state index contributed by atoms with van der Waals surface area (Å²) in [5.41, 5.74) is 1.68. The molecule has 1 heterocycles. The first-order valence-electron chi connectivity index (χ1n) is 13.7. The maximum atomic E-state index is 13.4. The van der Waals surface area contributed by atoms with E-state index in [0.29, 0.717) is 19.4 Å². The molecule has 0 radical (unpaired) electrons. The molecule has 214 valence electrons. The van der Waals surface area contributed by atoms with Crippen LogP contribution in [0, 0.1) is 5.92 Å². The first-order valence-corrected chi connectivity index (χ1v) is 13.7. The van der Waals surface area contributed by atoms with Gasteiger partial charge in [-0.25, -0.2) is 4.79 Å². The van der Waals surface area contributed by atoms with Gasteiger partial charge in [-0.15, -0.1) is 0 Å². The number of hydrogen-bond donors (Lipinski definition) is 2. The predicted octanol–water partition coefficient (Wildman–Crippen LogP) is 3.31. The van der Waals surface area contributed by atoms with E-state index >= 15 is 0 Å². The lowest BCUT2D eigenvalue weighted by molar-refractivity contribution is -0.155. The van der Waals surface area contributed by atoms with E-state index in [1.54, 1.807) is 12.1 Å².